The second kappa shape index (κ2) is 6.35. The minimum absolute atomic E-state index is 0.00654. The summed E-state index contributed by atoms with van der Waals surface area (Å²) in [5.41, 5.74) is 2.63. The van der Waals surface area contributed by atoms with Gasteiger partial charge in [-0.25, -0.2) is 0 Å². The third kappa shape index (κ3) is 2.96. The third-order valence-electron chi connectivity index (χ3n) is 3.73. The molecule has 0 atom stereocenters. The summed E-state index contributed by atoms with van der Waals surface area (Å²) in [4.78, 5) is 25.0. The molecule has 2 aromatic carbocycles. The maximum atomic E-state index is 12.5. The van der Waals surface area contributed by atoms with E-state index in [2.05, 4.69) is 0 Å². The molecule has 0 unspecified atom stereocenters. The van der Waals surface area contributed by atoms with E-state index >= 15 is 0 Å². The second-order valence-electron chi connectivity index (χ2n) is 5.26. The van der Waals surface area contributed by atoms with Crippen molar-refractivity contribution < 1.29 is 9.59 Å². The summed E-state index contributed by atoms with van der Waals surface area (Å²) in [5.74, 6) is -0.0225. The molecule has 2 nitrogen and oxygen atoms in total. The van der Waals surface area contributed by atoms with E-state index in [0.29, 0.717) is 28.7 Å². The number of ketones is 2. The van der Waals surface area contributed by atoms with Gasteiger partial charge in [0.15, 0.2) is 11.6 Å². The first-order chi connectivity index (χ1) is 10.8. The lowest BCUT2D eigenvalue weighted by Crippen LogP contribution is -2.10. The summed E-state index contributed by atoms with van der Waals surface area (Å²) < 4.78 is 0. The van der Waals surface area contributed by atoms with Crippen molar-refractivity contribution >= 4 is 11.6 Å². The van der Waals surface area contributed by atoms with E-state index < -0.39 is 0 Å². The normalized spacial score (nSPS) is 14.0. The number of carbonyl (C=O) groups excluding carboxylic acids is 2. The molecule has 0 fully saturated rings. The Morgan fingerprint density at radius 3 is 1.86 bits per heavy atom. The van der Waals surface area contributed by atoms with Crippen LogP contribution in [0.2, 0.25) is 0 Å². The third-order valence-corrected chi connectivity index (χ3v) is 3.73. The van der Waals surface area contributed by atoms with Gasteiger partial charge in [-0.05, 0) is 18.9 Å². The molecule has 3 rings (SSSR count). The molecular formula is C20H16O2. The van der Waals surface area contributed by atoms with Crippen LogP contribution in [0.5, 0.6) is 0 Å². The summed E-state index contributed by atoms with van der Waals surface area (Å²) in [6, 6.07) is 18.4. The van der Waals surface area contributed by atoms with E-state index in [9.17, 15) is 9.59 Å². The van der Waals surface area contributed by atoms with Gasteiger partial charge in [0, 0.05) is 22.3 Å². The van der Waals surface area contributed by atoms with Crippen LogP contribution in [0.1, 0.15) is 33.6 Å². The first-order valence-electron chi connectivity index (χ1n) is 7.36. The molecule has 0 bridgehead atoms. The maximum absolute atomic E-state index is 12.5. The SMILES string of the molecule is O=C(C1=CCCC(C(=O)c2ccccc2)=C1)c1ccccc1. The summed E-state index contributed by atoms with van der Waals surface area (Å²) in [5, 5.41) is 0. The predicted octanol–water partition coefficient (Wildman–Crippen LogP) is 4.40. The van der Waals surface area contributed by atoms with E-state index in [1.807, 2.05) is 42.5 Å². The van der Waals surface area contributed by atoms with E-state index in [-0.39, 0.29) is 11.6 Å². The topological polar surface area (TPSA) is 34.1 Å². The van der Waals surface area contributed by atoms with Crippen LogP contribution in [0.4, 0.5) is 0 Å². The Morgan fingerprint density at radius 1 is 0.727 bits per heavy atom. The van der Waals surface area contributed by atoms with Crippen LogP contribution in [-0.2, 0) is 0 Å². The van der Waals surface area contributed by atoms with Crippen LogP contribution in [0, 0.1) is 0 Å². The Morgan fingerprint density at radius 2 is 1.27 bits per heavy atom. The van der Waals surface area contributed by atoms with Gasteiger partial charge in [0.2, 0.25) is 0 Å². The number of rotatable bonds is 4. The van der Waals surface area contributed by atoms with Gasteiger partial charge in [-0.15, -0.1) is 0 Å². The maximum Gasteiger partial charge on any atom is 0.192 e. The second-order valence-corrected chi connectivity index (χ2v) is 5.26. The largest absolute Gasteiger partial charge is 0.289 e. The smallest absolute Gasteiger partial charge is 0.192 e. The number of allylic oxidation sites excluding steroid dienone is 4. The molecule has 1 aliphatic carbocycles. The van der Waals surface area contributed by atoms with Gasteiger partial charge in [-0.1, -0.05) is 66.7 Å². The summed E-state index contributed by atoms with van der Waals surface area (Å²) in [7, 11) is 0. The zero-order valence-corrected chi connectivity index (χ0v) is 12.2. The van der Waals surface area contributed by atoms with Gasteiger partial charge in [0.25, 0.3) is 0 Å². The molecule has 2 heteroatoms. The molecule has 2 aromatic rings. The quantitative estimate of drug-likeness (QED) is 0.781. The number of benzene rings is 2. The highest BCUT2D eigenvalue weighted by Gasteiger charge is 2.18. The Balaban J connectivity index is 1.86. The molecule has 0 spiro atoms. The van der Waals surface area contributed by atoms with Gasteiger partial charge in [-0.3, -0.25) is 9.59 Å². The van der Waals surface area contributed by atoms with E-state index in [1.165, 1.54) is 0 Å². The highest BCUT2D eigenvalue weighted by molar-refractivity contribution is 6.14. The lowest BCUT2D eigenvalue weighted by molar-refractivity contribution is 0.103. The van der Waals surface area contributed by atoms with Gasteiger partial charge in [0.1, 0.15) is 0 Å². The zero-order chi connectivity index (χ0) is 15.4. The first-order valence-corrected chi connectivity index (χ1v) is 7.36. The lowest BCUT2D eigenvalue weighted by atomic mass is 9.90. The van der Waals surface area contributed by atoms with Crippen LogP contribution in [0.15, 0.2) is 84.0 Å². The highest BCUT2D eigenvalue weighted by atomic mass is 16.1. The highest BCUT2D eigenvalue weighted by Crippen LogP contribution is 2.23. The molecule has 0 saturated heterocycles. The molecule has 0 saturated carbocycles. The Bertz CT molecular complexity index is 753. The fourth-order valence-electron chi connectivity index (χ4n) is 2.57. The van der Waals surface area contributed by atoms with Crippen molar-refractivity contribution in [1.82, 2.24) is 0 Å². The van der Waals surface area contributed by atoms with Crippen molar-refractivity contribution in [3.8, 4) is 0 Å². The zero-order valence-electron chi connectivity index (χ0n) is 12.2. The molecule has 0 aliphatic heterocycles. The van der Waals surface area contributed by atoms with Crippen LogP contribution in [0.3, 0.4) is 0 Å². The fourth-order valence-corrected chi connectivity index (χ4v) is 2.57. The van der Waals surface area contributed by atoms with E-state index in [1.54, 1.807) is 30.3 Å². The van der Waals surface area contributed by atoms with Gasteiger partial charge in [-0.2, -0.15) is 0 Å². The molecule has 22 heavy (non-hydrogen) atoms. The number of Topliss-reactive ketones (excluding diaryl/α,β-unsaturated/α-hetero) is 2. The van der Waals surface area contributed by atoms with Crippen molar-refractivity contribution in [2.24, 2.45) is 0 Å². The monoisotopic (exact) mass is 288 g/mol. The summed E-state index contributed by atoms with van der Waals surface area (Å²) in [6.45, 7) is 0. The lowest BCUT2D eigenvalue weighted by Gasteiger charge is -2.12. The van der Waals surface area contributed by atoms with Crippen molar-refractivity contribution in [3.05, 3.63) is 95.1 Å². The van der Waals surface area contributed by atoms with Crippen LogP contribution in [-0.4, -0.2) is 11.6 Å². The molecule has 0 heterocycles. The number of hydrogen-bond donors (Lipinski definition) is 0. The van der Waals surface area contributed by atoms with Crippen molar-refractivity contribution in [2.45, 2.75) is 12.8 Å². The molecule has 0 aromatic heterocycles. The predicted molar refractivity (Wildman–Crippen MR) is 86.9 cm³/mol. The van der Waals surface area contributed by atoms with Crippen molar-refractivity contribution in [3.63, 3.8) is 0 Å². The number of hydrogen-bond acceptors (Lipinski definition) is 2. The van der Waals surface area contributed by atoms with Crippen LogP contribution in [0.25, 0.3) is 0 Å². The molecular weight excluding hydrogens is 272 g/mol. The van der Waals surface area contributed by atoms with Gasteiger partial charge in [0.05, 0.1) is 0 Å². The Labute approximate surface area is 129 Å². The number of carbonyl (C=O) groups is 2. The van der Waals surface area contributed by atoms with Crippen LogP contribution < -0.4 is 0 Å². The molecule has 0 radical (unpaired) electrons. The first kappa shape index (κ1) is 14.2. The molecule has 0 amide bonds. The van der Waals surface area contributed by atoms with E-state index in [4.69, 9.17) is 0 Å². The molecule has 1 aliphatic rings. The summed E-state index contributed by atoms with van der Waals surface area (Å²) in [6.07, 6.45) is 5.06. The van der Waals surface area contributed by atoms with Crippen molar-refractivity contribution in [2.75, 3.05) is 0 Å². The minimum atomic E-state index is -0.0290. The Kier molecular flexibility index (Phi) is 4.10. The van der Waals surface area contributed by atoms with Gasteiger partial charge >= 0.3 is 0 Å². The van der Waals surface area contributed by atoms with Gasteiger partial charge < -0.3 is 0 Å². The standard InChI is InChI=1S/C20H16O2/c21-19(15-8-3-1-4-9-15)17-12-7-13-18(14-17)20(22)16-10-5-2-6-11-16/h1-6,8-12,14H,7,13H2. The minimum Gasteiger partial charge on any atom is -0.289 e. The average molecular weight is 288 g/mol. The molecule has 108 valence electrons. The molecule has 0 N–H and O–H groups in total. The average Bonchev–Trinajstić information content (AvgIpc) is 2.62. The fraction of sp³-hybridized carbons (Fsp3) is 0.100. The van der Waals surface area contributed by atoms with Crippen molar-refractivity contribution in [1.29, 1.82) is 0 Å². The summed E-state index contributed by atoms with van der Waals surface area (Å²) >= 11 is 0. The van der Waals surface area contributed by atoms with E-state index in [0.717, 1.165) is 6.42 Å². The van der Waals surface area contributed by atoms with Crippen LogP contribution >= 0.6 is 0 Å². The Hall–Kier alpha value is -2.74.